The number of rotatable bonds is 5. The molecule has 10 heteroatoms. The molecule has 4 rings (SSSR count). The average molecular weight is 471 g/mol. The largest absolute Gasteiger partial charge is 0.422 e. The van der Waals surface area contributed by atoms with Gasteiger partial charge < -0.3 is 25.1 Å². The molecule has 34 heavy (non-hydrogen) atoms. The lowest BCUT2D eigenvalue weighted by molar-refractivity contribution is -0.258. The smallest absolute Gasteiger partial charge is 0.414 e. The van der Waals surface area contributed by atoms with Gasteiger partial charge >= 0.3 is 11.7 Å². The second-order valence-electron chi connectivity index (χ2n) is 8.32. The average Bonchev–Trinajstić information content (AvgIpc) is 2.80. The van der Waals surface area contributed by atoms with Gasteiger partial charge in [0.05, 0.1) is 0 Å². The zero-order valence-corrected chi connectivity index (χ0v) is 19.0. The summed E-state index contributed by atoms with van der Waals surface area (Å²) in [6.45, 7) is 3.35. The SMILES string of the molecule is CN(C)C(=O)Oc1cc2oc(=O)c(Cc3cc#cc([NH3+])c3F)c(CN3CCNCC3)c2cc1F. The maximum Gasteiger partial charge on any atom is 0.414 e. The fourth-order valence-electron chi connectivity index (χ4n) is 3.86. The van der Waals surface area contributed by atoms with E-state index in [1.54, 1.807) is 0 Å². The predicted octanol–water partition coefficient (Wildman–Crippen LogP) is 1.60. The molecule has 1 aromatic heterocycles. The molecular formula is C24H25F2N4O4+. The molecule has 3 aromatic rings. The van der Waals surface area contributed by atoms with Crippen molar-refractivity contribution < 1.29 is 28.5 Å². The predicted molar refractivity (Wildman–Crippen MR) is 120 cm³/mol. The molecule has 0 atom stereocenters. The monoisotopic (exact) mass is 471 g/mol. The first-order chi connectivity index (χ1) is 16.2. The Bertz CT molecular complexity index is 1290. The fraction of sp³-hybridized carbons (Fsp3) is 0.333. The highest BCUT2D eigenvalue weighted by Gasteiger charge is 2.23. The van der Waals surface area contributed by atoms with Gasteiger partial charge in [-0.15, -0.1) is 0 Å². The van der Waals surface area contributed by atoms with Crippen LogP contribution in [0.2, 0.25) is 0 Å². The minimum absolute atomic E-state index is 0.0460. The van der Waals surface area contributed by atoms with Gasteiger partial charge in [-0.05, 0) is 23.8 Å². The number of nitrogens with one attached hydrogen (secondary N) is 1. The van der Waals surface area contributed by atoms with Crippen molar-refractivity contribution in [3.63, 3.8) is 0 Å². The van der Waals surface area contributed by atoms with E-state index in [1.807, 2.05) is 0 Å². The van der Waals surface area contributed by atoms with Crippen molar-refractivity contribution in [3.05, 3.63) is 69.1 Å². The standard InChI is InChI=1S/C24H24F2N4O4/c1-29(2)24(32)34-21-12-20-15(11-18(21)25)17(13-30-8-6-28-7-9-30)16(23(31)33-20)10-14-4-3-5-19(27)22(14)26/h4,11-12,28H,6-10,13,27H2,1-2H3/p+1. The molecule has 1 amide bonds. The van der Waals surface area contributed by atoms with Crippen LogP contribution in [0.1, 0.15) is 16.7 Å². The summed E-state index contributed by atoms with van der Waals surface area (Å²) < 4.78 is 40.2. The molecule has 0 unspecified atom stereocenters. The highest BCUT2D eigenvalue weighted by atomic mass is 19.1. The van der Waals surface area contributed by atoms with Crippen LogP contribution in [0, 0.1) is 23.8 Å². The Labute approximate surface area is 194 Å². The number of fused-ring (bicyclic) bond motifs is 1. The third-order valence-electron chi connectivity index (χ3n) is 5.71. The maximum absolute atomic E-state index is 15.0. The van der Waals surface area contributed by atoms with Crippen molar-refractivity contribution in [2.24, 2.45) is 0 Å². The Morgan fingerprint density at radius 1 is 1.26 bits per heavy atom. The Morgan fingerprint density at radius 3 is 2.71 bits per heavy atom. The van der Waals surface area contributed by atoms with Gasteiger partial charge in [0.2, 0.25) is 5.69 Å². The van der Waals surface area contributed by atoms with Gasteiger partial charge in [-0.2, -0.15) is 4.39 Å². The van der Waals surface area contributed by atoms with Crippen molar-refractivity contribution in [3.8, 4) is 5.75 Å². The van der Waals surface area contributed by atoms with Gasteiger partial charge in [-0.25, -0.2) is 14.0 Å². The van der Waals surface area contributed by atoms with Crippen LogP contribution in [-0.2, 0) is 13.0 Å². The summed E-state index contributed by atoms with van der Waals surface area (Å²) in [5, 5.41) is 3.62. The van der Waals surface area contributed by atoms with E-state index < -0.39 is 23.4 Å². The molecule has 1 fully saturated rings. The summed E-state index contributed by atoms with van der Waals surface area (Å²) in [7, 11) is 2.93. The second-order valence-corrected chi connectivity index (χ2v) is 8.32. The van der Waals surface area contributed by atoms with Crippen LogP contribution in [0.3, 0.4) is 0 Å². The van der Waals surface area contributed by atoms with Crippen LogP contribution in [0.25, 0.3) is 11.0 Å². The molecule has 0 radical (unpaired) electrons. The van der Waals surface area contributed by atoms with Gasteiger partial charge in [-0.3, -0.25) is 4.90 Å². The minimum atomic E-state index is -0.780. The topological polar surface area (TPSA) is 103 Å². The second kappa shape index (κ2) is 9.77. The number of hydrogen-bond donors (Lipinski definition) is 2. The molecule has 1 saturated heterocycles. The van der Waals surface area contributed by atoms with Gasteiger partial charge in [0.1, 0.15) is 5.58 Å². The molecule has 1 aliphatic heterocycles. The molecule has 0 spiro atoms. The number of nitrogens with zero attached hydrogens (tertiary/aromatic N) is 2. The summed E-state index contributed by atoms with van der Waals surface area (Å²) in [6.07, 6.45) is -0.840. The lowest BCUT2D eigenvalue weighted by Crippen LogP contribution is -2.43. The molecule has 178 valence electrons. The molecule has 1 aliphatic rings. The van der Waals surface area contributed by atoms with Crippen LogP contribution in [0.4, 0.5) is 19.3 Å². The molecule has 0 saturated carbocycles. The number of quaternary nitrogens is 1. The summed E-state index contributed by atoms with van der Waals surface area (Å²) >= 11 is 0. The molecule has 2 aromatic carbocycles. The Hall–Kier alpha value is -3.52. The number of carbonyl (C=O) groups excluding carboxylic acids is 1. The van der Waals surface area contributed by atoms with E-state index in [1.165, 1.54) is 32.3 Å². The minimum Gasteiger partial charge on any atom is -0.422 e. The Balaban J connectivity index is 1.85. The first-order valence-electron chi connectivity index (χ1n) is 10.8. The molecule has 0 bridgehead atoms. The summed E-state index contributed by atoms with van der Waals surface area (Å²) in [5.74, 6) is -1.71. The van der Waals surface area contributed by atoms with Crippen molar-refractivity contribution in [2.75, 3.05) is 40.3 Å². The van der Waals surface area contributed by atoms with Gasteiger partial charge in [0, 0.05) is 75.8 Å². The van der Waals surface area contributed by atoms with E-state index in [4.69, 9.17) is 9.15 Å². The van der Waals surface area contributed by atoms with E-state index >= 15 is 0 Å². The fourth-order valence-corrected chi connectivity index (χ4v) is 3.86. The first-order valence-corrected chi connectivity index (χ1v) is 10.8. The summed E-state index contributed by atoms with van der Waals surface area (Å²) in [4.78, 5) is 28.2. The quantitative estimate of drug-likeness (QED) is 0.548. The number of carbonyl (C=O) groups is 1. The molecular weight excluding hydrogens is 446 g/mol. The number of hydrogen-bond acceptors (Lipinski definition) is 6. The van der Waals surface area contributed by atoms with Crippen molar-refractivity contribution >= 4 is 22.7 Å². The highest BCUT2D eigenvalue weighted by Crippen LogP contribution is 2.30. The number of amides is 1. The van der Waals surface area contributed by atoms with Crippen LogP contribution in [-0.4, -0.2) is 56.2 Å². The van der Waals surface area contributed by atoms with Gasteiger partial charge in [0.15, 0.2) is 17.4 Å². The van der Waals surface area contributed by atoms with Crippen molar-refractivity contribution in [1.29, 1.82) is 0 Å². The van der Waals surface area contributed by atoms with Crippen LogP contribution >= 0.6 is 0 Å². The van der Waals surface area contributed by atoms with Crippen LogP contribution < -0.4 is 21.4 Å². The van der Waals surface area contributed by atoms with E-state index in [9.17, 15) is 18.4 Å². The zero-order valence-electron chi connectivity index (χ0n) is 19.0. The van der Waals surface area contributed by atoms with Gasteiger partial charge in [-0.1, -0.05) is 6.07 Å². The lowest BCUT2D eigenvalue weighted by atomic mass is 9.97. The lowest BCUT2D eigenvalue weighted by Gasteiger charge is -2.28. The Kier molecular flexibility index (Phi) is 6.79. The maximum atomic E-state index is 15.0. The third kappa shape index (κ3) is 4.87. The van der Waals surface area contributed by atoms with Crippen molar-refractivity contribution in [2.45, 2.75) is 13.0 Å². The number of halogens is 2. The van der Waals surface area contributed by atoms with Crippen molar-refractivity contribution in [1.82, 2.24) is 15.1 Å². The number of piperazine rings is 1. The molecule has 2 heterocycles. The zero-order chi connectivity index (χ0) is 24.4. The van der Waals surface area contributed by atoms with Crippen LogP contribution in [0.5, 0.6) is 5.75 Å². The third-order valence-corrected chi connectivity index (χ3v) is 5.71. The Morgan fingerprint density at radius 2 is 2.00 bits per heavy atom. The first kappa shape index (κ1) is 23.6. The number of benzene rings is 1. The summed E-state index contributed by atoms with van der Waals surface area (Å²) in [6, 6.07) is 9.05. The van der Waals surface area contributed by atoms with E-state index in [0.717, 1.165) is 31.1 Å². The molecule has 0 aliphatic carbocycles. The summed E-state index contributed by atoms with van der Waals surface area (Å²) in [5.41, 5.74) is 4.02. The van der Waals surface area contributed by atoms with Crippen LogP contribution in [0.15, 0.2) is 27.4 Å². The van der Waals surface area contributed by atoms with E-state index in [0.29, 0.717) is 17.5 Å². The van der Waals surface area contributed by atoms with E-state index in [-0.39, 0.29) is 34.6 Å². The molecule has 4 N–H and O–H groups in total. The number of ether oxygens (including phenoxy) is 1. The van der Waals surface area contributed by atoms with E-state index in [2.05, 4.69) is 28.1 Å². The highest BCUT2D eigenvalue weighted by molar-refractivity contribution is 5.84. The normalized spacial score (nSPS) is 14.1. The molecule has 8 nitrogen and oxygen atoms in total. The van der Waals surface area contributed by atoms with Gasteiger partial charge in [0.25, 0.3) is 0 Å².